The summed E-state index contributed by atoms with van der Waals surface area (Å²) in [4.78, 5) is 23.0. The highest BCUT2D eigenvalue weighted by Gasteiger charge is 2.35. The molecule has 2 amide bonds. The maximum Gasteiger partial charge on any atom is 0.220 e. The van der Waals surface area contributed by atoms with Crippen LogP contribution in [0.2, 0.25) is 0 Å². The van der Waals surface area contributed by atoms with Gasteiger partial charge in [0.1, 0.15) is 0 Å². The summed E-state index contributed by atoms with van der Waals surface area (Å²) < 4.78 is 0. The first-order valence-corrected chi connectivity index (χ1v) is 21.9. The zero-order chi connectivity index (χ0) is 38.6. The fourth-order valence-corrected chi connectivity index (χ4v) is 6.67. The van der Waals surface area contributed by atoms with Crippen molar-refractivity contribution in [1.82, 2.24) is 10.6 Å². The number of carbonyl (C=O) groups is 2. The zero-order valence-corrected chi connectivity index (χ0v) is 34.8. The van der Waals surface area contributed by atoms with Crippen molar-refractivity contribution in [2.24, 2.45) is 11.8 Å². The number of carbonyl (C=O) groups excluding carboxylic acids is 2. The lowest BCUT2D eigenvalue weighted by atomic mass is 10.1. The van der Waals surface area contributed by atoms with Crippen molar-refractivity contribution in [3.05, 3.63) is 97.2 Å². The van der Waals surface area contributed by atoms with Crippen LogP contribution in [0.15, 0.2) is 97.2 Å². The fraction of sp³-hybridized carbons (Fsp3) is 0.617. The highest BCUT2D eigenvalue weighted by atomic mass is 32.2. The van der Waals surface area contributed by atoms with Crippen LogP contribution in [0.3, 0.4) is 0 Å². The largest absolute Gasteiger partial charge is 0.394 e. The van der Waals surface area contributed by atoms with Gasteiger partial charge in [-0.1, -0.05) is 118 Å². The van der Waals surface area contributed by atoms with E-state index in [1.54, 1.807) is 0 Å². The van der Waals surface area contributed by atoms with Gasteiger partial charge in [-0.2, -0.15) is 11.8 Å². The van der Waals surface area contributed by atoms with Crippen LogP contribution in [0, 0.1) is 11.8 Å². The van der Waals surface area contributed by atoms with Gasteiger partial charge < -0.3 is 15.7 Å². The van der Waals surface area contributed by atoms with Gasteiger partial charge in [0.15, 0.2) is 0 Å². The molecular weight excluding hydrogens is 673 g/mol. The Kier molecular flexibility index (Phi) is 31.7. The average molecular weight is 749 g/mol. The molecule has 5 unspecified atom stereocenters. The van der Waals surface area contributed by atoms with Gasteiger partial charge >= 0.3 is 0 Å². The lowest BCUT2D eigenvalue weighted by molar-refractivity contribution is -0.122. The molecule has 1 aliphatic carbocycles. The van der Waals surface area contributed by atoms with Gasteiger partial charge in [0.05, 0.1) is 6.61 Å². The Balaban J connectivity index is 0.000000530. The van der Waals surface area contributed by atoms with Crippen LogP contribution in [0.1, 0.15) is 143 Å². The molecule has 0 spiro atoms. The first-order valence-electron chi connectivity index (χ1n) is 21.0. The molecule has 5 atom stereocenters. The molecule has 2 rings (SSSR count). The van der Waals surface area contributed by atoms with E-state index in [0.717, 1.165) is 99.5 Å². The summed E-state index contributed by atoms with van der Waals surface area (Å²) in [7, 11) is 0. The van der Waals surface area contributed by atoms with Crippen molar-refractivity contribution in [2.75, 3.05) is 13.2 Å². The number of unbranched alkanes of at least 4 members (excludes halogenated alkanes) is 2. The van der Waals surface area contributed by atoms with Crippen LogP contribution in [0.5, 0.6) is 0 Å². The molecule has 1 heterocycles. The standard InChI is InChI=1S/C24H39NO2.C23H37NOS/c1-3-4-5-6-7-8-9-10-13-16-22-19-23(22)17-14-11-12-15-18-24(27)25-21(2)20-26;1-3-5-6-7-8-9-10-11-14-17-21-22(26-21)18-15-12-13-16-19-23(25)24-20-4-2/h4-5,7-8,10-11,13-14,21-23,26H,3,6,9,12,15-20H2,1-2H3,(H,25,27);5-6,8-9,11-12,14-15,21-22H,3-4,7,10,13,16-20H2,1-2H3,(H,24,25)/b5-4-,8-7-,13-10-,14-11-;6-5-,9-8-,14-11-,15-12-. The second-order valence-corrected chi connectivity index (χ2v) is 15.7. The topological polar surface area (TPSA) is 78.4 Å². The molecule has 1 saturated carbocycles. The molecule has 2 fully saturated rings. The molecule has 6 heteroatoms. The minimum Gasteiger partial charge on any atom is -0.394 e. The Bertz CT molecular complexity index is 1160. The second kappa shape index (κ2) is 34.9. The molecule has 5 nitrogen and oxygen atoms in total. The minimum absolute atomic E-state index is 0.00324. The van der Waals surface area contributed by atoms with Crippen LogP contribution in [-0.4, -0.2) is 46.6 Å². The van der Waals surface area contributed by atoms with Crippen molar-refractivity contribution in [1.29, 1.82) is 0 Å². The van der Waals surface area contributed by atoms with Gasteiger partial charge in [-0.05, 0) is 121 Å². The third-order valence-corrected chi connectivity index (χ3v) is 10.5. The molecule has 53 heavy (non-hydrogen) atoms. The second-order valence-electron chi connectivity index (χ2n) is 14.2. The number of nitrogens with one attached hydrogen (secondary N) is 2. The van der Waals surface area contributed by atoms with E-state index in [1.165, 1.54) is 32.1 Å². The number of thioether (sulfide) groups is 1. The third kappa shape index (κ3) is 31.2. The Morgan fingerprint density at radius 1 is 0.623 bits per heavy atom. The quantitative estimate of drug-likeness (QED) is 0.0388. The Labute approximate surface area is 329 Å². The smallest absolute Gasteiger partial charge is 0.220 e. The summed E-state index contributed by atoms with van der Waals surface area (Å²) in [6.07, 6.45) is 54.7. The summed E-state index contributed by atoms with van der Waals surface area (Å²) in [5.41, 5.74) is 0. The van der Waals surface area contributed by atoms with Crippen LogP contribution in [0.25, 0.3) is 0 Å². The van der Waals surface area contributed by atoms with E-state index in [9.17, 15) is 9.59 Å². The van der Waals surface area contributed by atoms with Gasteiger partial charge in [0.25, 0.3) is 0 Å². The monoisotopic (exact) mass is 749 g/mol. The third-order valence-electron chi connectivity index (χ3n) is 9.07. The summed E-state index contributed by atoms with van der Waals surface area (Å²) >= 11 is 2.10. The molecule has 1 aliphatic heterocycles. The van der Waals surface area contributed by atoms with Crippen molar-refractivity contribution in [3.63, 3.8) is 0 Å². The van der Waals surface area contributed by atoms with E-state index in [-0.39, 0.29) is 24.5 Å². The van der Waals surface area contributed by atoms with Crippen molar-refractivity contribution in [3.8, 4) is 0 Å². The minimum atomic E-state index is -0.145. The molecule has 298 valence electrons. The molecule has 1 saturated heterocycles. The maximum atomic E-state index is 11.6. The molecule has 0 aromatic carbocycles. The fourth-order valence-electron chi connectivity index (χ4n) is 5.64. The highest BCUT2D eigenvalue weighted by Crippen LogP contribution is 2.46. The van der Waals surface area contributed by atoms with E-state index < -0.39 is 0 Å². The predicted octanol–water partition coefficient (Wildman–Crippen LogP) is 11.8. The number of aliphatic hydroxyl groups excluding tert-OH is 1. The van der Waals surface area contributed by atoms with Crippen LogP contribution in [0.4, 0.5) is 0 Å². The van der Waals surface area contributed by atoms with Crippen LogP contribution in [-0.2, 0) is 9.59 Å². The zero-order valence-electron chi connectivity index (χ0n) is 33.9. The first kappa shape index (κ1) is 48.2. The number of rotatable bonds is 30. The van der Waals surface area contributed by atoms with Gasteiger partial charge in [0, 0.05) is 35.9 Å². The van der Waals surface area contributed by atoms with Gasteiger partial charge in [0.2, 0.25) is 11.8 Å². The van der Waals surface area contributed by atoms with Crippen molar-refractivity contribution in [2.45, 2.75) is 160 Å². The van der Waals surface area contributed by atoms with E-state index in [0.29, 0.717) is 12.8 Å². The van der Waals surface area contributed by atoms with Crippen molar-refractivity contribution >= 4 is 23.6 Å². The average Bonchev–Trinajstić information content (AvgIpc) is 4.09. The number of hydrogen-bond acceptors (Lipinski definition) is 4. The molecule has 0 radical (unpaired) electrons. The first-order chi connectivity index (χ1) is 25.9. The molecule has 0 aromatic heterocycles. The lowest BCUT2D eigenvalue weighted by Crippen LogP contribution is -2.34. The normalized spacial score (nSPS) is 20.5. The van der Waals surface area contributed by atoms with Gasteiger partial charge in [-0.3, -0.25) is 9.59 Å². The molecule has 3 N–H and O–H groups in total. The van der Waals surface area contributed by atoms with E-state index in [4.69, 9.17) is 5.11 Å². The number of allylic oxidation sites excluding steroid dienone is 16. The molecule has 2 aliphatic rings. The highest BCUT2D eigenvalue weighted by molar-refractivity contribution is 8.07. The Morgan fingerprint density at radius 2 is 1.06 bits per heavy atom. The van der Waals surface area contributed by atoms with E-state index in [2.05, 4.69) is 140 Å². The van der Waals surface area contributed by atoms with E-state index >= 15 is 0 Å². The molecule has 0 aromatic rings. The number of aliphatic hydroxyl groups is 1. The predicted molar refractivity (Wildman–Crippen MR) is 233 cm³/mol. The van der Waals surface area contributed by atoms with Crippen molar-refractivity contribution < 1.29 is 14.7 Å². The number of hydrogen-bond donors (Lipinski definition) is 3. The lowest BCUT2D eigenvalue weighted by Gasteiger charge is -2.09. The summed E-state index contributed by atoms with van der Waals surface area (Å²) in [6, 6.07) is -0.145. The number of amides is 2. The molecule has 0 bridgehead atoms. The molecular formula is C47H76N2O3S. The summed E-state index contributed by atoms with van der Waals surface area (Å²) in [6.45, 7) is 9.01. The van der Waals surface area contributed by atoms with Gasteiger partial charge in [-0.15, -0.1) is 0 Å². The summed E-state index contributed by atoms with van der Waals surface area (Å²) in [5.74, 6) is 1.95. The SMILES string of the molecule is CC/C=C\C/C=C\C/C=C\CC1CC1C/C=C\CCCC(=O)NC(C)CO.CC/C=C\C/C=C\C/C=C\CC1SC1C/C=C\CCCC(=O)NCCC. The van der Waals surface area contributed by atoms with E-state index in [1.807, 2.05) is 6.92 Å². The maximum absolute atomic E-state index is 11.6. The summed E-state index contributed by atoms with van der Waals surface area (Å²) in [5, 5.41) is 16.2. The van der Waals surface area contributed by atoms with Crippen LogP contribution < -0.4 is 10.6 Å². The van der Waals surface area contributed by atoms with Gasteiger partial charge in [-0.25, -0.2) is 0 Å². The van der Waals surface area contributed by atoms with Crippen LogP contribution >= 0.6 is 11.8 Å². The Morgan fingerprint density at radius 3 is 1.55 bits per heavy atom. The Hall–Kier alpha value is -2.83.